The van der Waals surface area contributed by atoms with E-state index < -0.39 is 21.5 Å². The highest BCUT2D eigenvalue weighted by Gasteiger charge is 2.18. The standard InChI is InChI=1S/C13H17ClFN5O4S/c1-3-25(22,23)16-11-8-12(10(15)7-9(11)14)20-13(21)19(17-18-20)5-4-6-24-2/h7-8,16H,3-6H2,1-2H3. The highest BCUT2D eigenvalue weighted by molar-refractivity contribution is 7.92. The van der Waals surface area contributed by atoms with E-state index in [4.69, 9.17) is 16.3 Å². The fraction of sp³-hybridized carbons (Fsp3) is 0.462. The normalized spacial score (nSPS) is 11.7. The van der Waals surface area contributed by atoms with Gasteiger partial charge in [-0.2, -0.15) is 9.36 Å². The van der Waals surface area contributed by atoms with Crippen molar-refractivity contribution in [2.45, 2.75) is 19.9 Å². The minimum atomic E-state index is -3.63. The van der Waals surface area contributed by atoms with E-state index in [1.807, 2.05) is 0 Å². The van der Waals surface area contributed by atoms with Crippen LogP contribution >= 0.6 is 11.6 Å². The largest absolute Gasteiger partial charge is 0.385 e. The van der Waals surface area contributed by atoms with Gasteiger partial charge in [-0.05, 0) is 35.9 Å². The number of benzene rings is 1. The molecule has 0 saturated heterocycles. The third kappa shape index (κ3) is 4.55. The summed E-state index contributed by atoms with van der Waals surface area (Å²) in [6.45, 7) is 2.12. The molecule has 1 heterocycles. The Morgan fingerprint density at radius 3 is 2.72 bits per heavy atom. The molecule has 0 fully saturated rings. The number of nitrogens with one attached hydrogen (secondary N) is 1. The molecule has 25 heavy (non-hydrogen) atoms. The maximum atomic E-state index is 14.2. The molecule has 9 nitrogen and oxygen atoms in total. The van der Waals surface area contributed by atoms with Crippen LogP contribution in [0.3, 0.4) is 0 Å². The molecule has 0 saturated carbocycles. The molecule has 0 unspecified atom stereocenters. The Morgan fingerprint density at radius 1 is 1.36 bits per heavy atom. The van der Waals surface area contributed by atoms with E-state index in [9.17, 15) is 17.6 Å². The number of aryl methyl sites for hydroxylation is 1. The van der Waals surface area contributed by atoms with E-state index in [0.29, 0.717) is 13.0 Å². The fourth-order valence-electron chi connectivity index (χ4n) is 1.94. The average Bonchev–Trinajstić information content (AvgIpc) is 2.91. The van der Waals surface area contributed by atoms with E-state index in [-0.39, 0.29) is 28.7 Å². The van der Waals surface area contributed by atoms with Gasteiger partial charge in [0.2, 0.25) is 10.0 Å². The van der Waals surface area contributed by atoms with Crippen molar-refractivity contribution in [1.82, 2.24) is 19.8 Å². The summed E-state index contributed by atoms with van der Waals surface area (Å²) in [5.74, 6) is -1.03. The van der Waals surface area contributed by atoms with Gasteiger partial charge in [0.05, 0.1) is 23.0 Å². The van der Waals surface area contributed by atoms with Crippen molar-refractivity contribution in [2.75, 3.05) is 24.2 Å². The molecule has 0 amide bonds. The van der Waals surface area contributed by atoms with Crippen molar-refractivity contribution in [1.29, 1.82) is 0 Å². The summed E-state index contributed by atoms with van der Waals surface area (Å²) < 4.78 is 46.5. The molecule has 1 aromatic heterocycles. The summed E-state index contributed by atoms with van der Waals surface area (Å²) in [6.07, 6.45) is 0.528. The predicted molar refractivity (Wildman–Crippen MR) is 90.2 cm³/mol. The van der Waals surface area contributed by atoms with Crippen LogP contribution in [0.2, 0.25) is 5.02 Å². The zero-order valence-electron chi connectivity index (χ0n) is 13.6. The molecule has 0 radical (unpaired) electrons. The Labute approximate surface area is 148 Å². The molecule has 2 rings (SSSR count). The number of tetrazole rings is 1. The number of hydrogen-bond donors (Lipinski definition) is 1. The van der Waals surface area contributed by atoms with Crippen LogP contribution in [-0.2, 0) is 21.3 Å². The van der Waals surface area contributed by atoms with Gasteiger partial charge in [-0.1, -0.05) is 11.6 Å². The second-order valence-corrected chi connectivity index (χ2v) is 7.45. The number of sulfonamides is 1. The summed E-state index contributed by atoms with van der Waals surface area (Å²) in [6, 6.07) is 2.00. The number of hydrogen-bond acceptors (Lipinski definition) is 6. The molecule has 12 heteroatoms. The average molecular weight is 394 g/mol. The molecule has 1 aromatic carbocycles. The quantitative estimate of drug-likeness (QED) is 0.671. The SMILES string of the molecule is CCS(=O)(=O)Nc1cc(-n2nnn(CCCOC)c2=O)c(F)cc1Cl. The molecule has 0 aliphatic carbocycles. The Morgan fingerprint density at radius 2 is 2.08 bits per heavy atom. The molecule has 0 atom stereocenters. The van der Waals surface area contributed by atoms with Gasteiger partial charge in [-0.3, -0.25) is 4.72 Å². The Balaban J connectivity index is 2.41. The zero-order chi connectivity index (χ0) is 18.6. The maximum absolute atomic E-state index is 14.2. The first kappa shape index (κ1) is 19.3. The number of anilines is 1. The van der Waals surface area contributed by atoms with Crippen molar-refractivity contribution in [3.05, 3.63) is 33.5 Å². The molecular weight excluding hydrogens is 377 g/mol. The van der Waals surface area contributed by atoms with Gasteiger partial charge < -0.3 is 4.74 Å². The van der Waals surface area contributed by atoms with Gasteiger partial charge in [-0.25, -0.2) is 17.6 Å². The highest BCUT2D eigenvalue weighted by atomic mass is 35.5. The summed E-state index contributed by atoms with van der Waals surface area (Å²) >= 11 is 5.87. The molecule has 0 aliphatic rings. The second-order valence-electron chi connectivity index (χ2n) is 5.03. The molecule has 0 spiro atoms. The lowest BCUT2D eigenvalue weighted by molar-refractivity contribution is 0.188. The van der Waals surface area contributed by atoms with Crippen LogP contribution < -0.4 is 10.4 Å². The highest BCUT2D eigenvalue weighted by Crippen LogP contribution is 2.27. The van der Waals surface area contributed by atoms with Crippen LogP contribution in [-0.4, -0.2) is 47.7 Å². The number of methoxy groups -OCH3 is 1. The number of ether oxygens (including phenoxy) is 1. The molecular formula is C13H17ClFN5O4S. The van der Waals surface area contributed by atoms with E-state index in [2.05, 4.69) is 15.1 Å². The van der Waals surface area contributed by atoms with E-state index in [1.165, 1.54) is 14.0 Å². The van der Waals surface area contributed by atoms with Crippen LogP contribution in [0.4, 0.5) is 10.1 Å². The van der Waals surface area contributed by atoms with Gasteiger partial charge in [0, 0.05) is 13.7 Å². The monoisotopic (exact) mass is 393 g/mol. The summed E-state index contributed by atoms with van der Waals surface area (Å²) in [7, 11) is -2.10. The van der Waals surface area contributed by atoms with Crippen LogP contribution in [0.25, 0.3) is 5.69 Å². The first-order valence-corrected chi connectivity index (χ1v) is 9.33. The van der Waals surface area contributed by atoms with Crippen molar-refractivity contribution < 1.29 is 17.5 Å². The van der Waals surface area contributed by atoms with Crippen molar-refractivity contribution >= 4 is 27.3 Å². The number of halogens is 2. The lowest BCUT2D eigenvalue weighted by Gasteiger charge is -2.10. The Bertz CT molecular complexity index is 912. The predicted octanol–water partition coefficient (Wildman–Crippen LogP) is 1.02. The van der Waals surface area contributed by atoms with E-state index in [0.717, 1.165) is 21.5 Å². The lowest BCUT2D eigenvalue weighted by atomic mass is 10.2. The topological polar surface area (TPSA) is 108 Å². The number of aromatic nitrogens is 4. The lowest BCUT2D eigenvalue weighted by Crippen LogP contribution is -2.25. The Kier molecular flexibility index (Phi) is 6.14. The van der Waals surface area contributed by atoms with E-state index >= 15 is 0 Å². The molecule has 138 valence electrons. The first-order chi connectivity index (χ1) is 11.8. The second kappa shape index (κ2) is 7.93. The number of nitrogens with zero attached hydrogens (tertiary/aromatic N) is 4. The minimum Gasteiger partial charge on any atom is -0.385 e. The van der Waals surface area contributed by atoms with Crippen LogP contribution in [0.5, 0.6) is 0 Å². The summed E-state index contributed by atoms with van der Waals surface area (Å²) in [4.78, 5) is 12.3. The van der Waals surface area contributed by atoms with Crippen molar-refractivity contribution in [3.8, 4) is 5.69 Å². The van der Waals surface area contributed by atoms with E-state index in [1.54, 1.807) is 0 Å². The molecule has 0 aliphatic heterocycles. The fourth-order valence-corrected chi connectivity index (χ4v) is 2.84. The molecule has 0 bridgehead atoms. The third-order valence-electron chi connectivity index (χ3n) is 3.27. The van der Waals surface area contributed by atoms with Crippen molar-refractivity contribution in [3.63, 3.8) is 0 Å². The van der Waals surface area contributed by atoms with Gasteiger partial charge in [0.15, 0.2) is 5.82 Å². The van der Waals surface area contributed by atoms with Crippen LogP contribution in [0, 0.1) is 5.82 Å². The smallest absolute Gasteiger partial charge is 0.368 e. The van der Waals surface area contributed by atoms with Gasteiger partial charge >= 0.3 is 5.69 Å². The Hall–Kier alpha value is -1.98. The van der Waals surface area contributed by atoms with Crippen LogP contribution in [0.15, 0.2) is 16.9 Å². The molecule has 1 N–H and O–H groups in total. The maximum Gasteiger partial charge on any atom is 0.368 e. The zero-order valence-corrected chi connectivity index (χ0v) is 15.1. The summed E-state index contributed by atoms with van der Waals surface area (Å²) in [5, 5.41) is 7.16. The third-order valence-corrected chi connectivity index (χ3v) is 4.87. The number of rotatable bonds is 8. The minimum absolute atomic E-state index is 0.0549. The van der Waals surface area contributed by atoms with Gasteiger partial charge in [0.1, 0.15) is 5.69 Å². The molecule has 2 aromatic rings. The summed E-state index contributed by atoms with van der Waals surface area (Å²) in [5.41, 5.74) is -0.983. The van der Waals surface area contributed by atoms with Crippen molar-refractivity contribution in [2.24, 2.45) is 0 Å². The van der Waals surface area contributed by atoms with Gasteiger partial charge in [-0.15, -0.1) is 0 Å². The van der Waals surface area contributed by atoms with Crippen LogP contribution in [0.1, 0.15) is 13.3 Å². The first-order valence-electron chi connectivity index (χ1n) is 7.30. The van der Waals surface area contributed by atoms with Gasteiger partial charge in [0.25, 0.3) is 0 Å².